The van der Waals surface area contributed by atoms with Gasteiger partial charge in [0.1, 0.15) is 0 Å². The average molecular weight is 344 g/mol. The first kappa shape index (κ1) is 18.2. The van der Waals surface area contributed by atoms with Gasteiger partial charge in [-0.2, -0.15) is 0 Å². The molecule has 1 heterocycles. The monoisotopic (exact) mass is 344 g/mol. The van der Waals surface area contributed by atoms with Gasteiger partial charge in [0.25, 0.3) is 0 Å². The zero-order valence-electron chi connectivity index (χ0n) is 14.5. The minimum absolute atomic E-state index is 0.00247. The van der Waals surface area contributed by atoms with Crippen molar-refractivity contribution in [2.45, 2.75) is 33.1 Å². The highest BCUT2D eigenvalue weighted by atomic mass is 32.1. The Balaban J connectivity index is 1.77. The van der Waals surface area contributed by atoms with Crippen molar-refractivity contribution in [2.75, 3.05) is 18.9 Å². The lowest BCUT2D eigenvalue weighted by Crippen LogP contribution is -2.35. The third kappa shape index (κ3) is 5.20. The van der Waals surface area contributed by atoms with Crippen molar-refractivity contribution in [1.82, 2.24) is 4.90 Å². The van der Waals surface area contributed by atoms with E-state index in [0.717, 1.165) is 29.7 Å². The molecule has 0 saturated heterocycles. The summed E-state index contributed by atoms with van der Waals surface area (Å²) in [6.45, 7) is 4.06. The SMILES string of the molecule is Cc1cccc(NC(=O)CN(C)C(=O)CCCc2cccs2)c1C. The third-order valence-electron chi connectivity index (χ3n) is 4.08. The lowest BCUT2D eigenvalue weighted by Gasteiger charge is -2.17. The highest BCUT2D eigenvalue weighted by Gasteiger charge is 2.13. The molecule has 128 valence electrons. The van der Waals surface area contributed by atoms with Crippen molar-refractivity contribution < 1.29 is 9.59 Å². The van der Waals surface area contributed by atoms with Gasteiger partial charge in [-0.15, -0.1) is 11.3 Å². The number of aryl methyl sites for hydroxylation is 2. The number of carbonyl (C=O) groups is 2. The molecule has 0 aliphatic carbocycles. The van der Waals surface area contributed by atoms with Gasteiger partial charge < -0.3 is 10.2 Å². The number of amides is 2. The van der Waals surface area contributed by atoms with E-state index in [2.05, 4.69) is 11.4 Å². The van der Waals surface area contributed by atoms with E-state index in [-0.39, 0.29) is 18.4 Å². The molecule has 0 atom stereocenters. The van der Waals surface area contributed by atoms with E-state index in [1.165, 1.54) is 9.78 Å². The Labute approximate surface area is 147 Å². The molecule has 1 aromatic carbocycles. The number of likely N-dealkylation sites (N-methyl/N-ethyl adjacent to an activating group) is 1. The van der Waals surface area contributed by atoms with E-state index in [1.54, 1.807) is 18.4 Å². The fourth-order valence-corrected chi connectivity index (χ4v) is 3.19. The summed E-state index contributed by atoms with van der Waals surface area (Å²) >= 11 is 1.71. The maximum atomic E-state index is 12.1. The highest BCUT2D eigenvalue weighted by Crippen LogP contribution is 2.18. The smallest absolute Gasteiger partial charge is 0.243 e. The second-order valence-corrected chi connectivity index (χ2v) is 7.01. The van der Waals surface area contributed by atoms with E-state index in [9.17, 15) is 9.59 Å². The fraction of sp³-hybridized carbons (Fsp3) is 0.368. The molecule has 0 unspecified atom stereocenters. The quantitative estimate of drug-likeness (QED) is 0.831. The molecule has 0 saturated carbocycles. The summed E-state index contributed by atoms with van der Waals surface area (Å²) in [6.07, 6.45) is 2.18. The Morgan fingerprint density at radius 2 is 1.96 bits per heavy atom. The van der Waals surface area contributed by atoms with E-state index in [0.29, 0.717) is 6.42 Å². The Kier molecular flexibility index (Phi) is 6.55. The molecular weight excluding hydrogens is 320 g/mol. The van der Waals surface area contributed by atoms with Gasteiger partial charge in [-0.1, -0.05) is 18.2 Å². The molecule has 24 heavy (non-hydrogen) atoms. The first-order valence-electron chi connectivity index (χ1n) is 8.10. The largest absolute Gasteiger partial charge is 0.336 e. The summed E-state index contributed by atoms with van der Waals surface area (Å²) in [5.74, 6) is -0.166. The van der Waals surface area contributed by atoms with E-state index in [1.807, 2.05) is 43.5 Å². The third-order valence-corrected chi connectivity index (χ3v) is 5.02. The lowest BCUT2D eigenvalue weighted by molar-refractivity contribution is -0.133. The van der Waals surface area contributed by atoms with Gasteiger partial charge in [0.05, 0.1) is 6.54 Å². The molecule has 1 aromatic heterocycles. The number of benzene rings is 1. The van der Waals surface area contributed by atoms with Crippen LogP contribution in [0.5, 0.6) is 0 Å². The molecule has 0 aliphatic heterocycles. The molecule has 4 nitrogen and oxygen atoms in total. The molecule has 2 aromatic rings. The number of thiophene rings is 1. The Morgan fingerprint density at radius 1 is 1.17 bits per heavy atom. The summed E-state index contributed by atoms with van der Waals surface area (Å²) in [4.78, 5) is 27.1. The van der Waals surface area contributed by atoms with Crippen LogP contribution in [-0.2, 0) is 16.0 Å². The second kappa shape index (κ2) is 8.64. The summed E-state index contributed by atoms with van der Waals surface area (Å²) < 4.78 is 0. The van der Waals surface area contributed by atoms with E-state index < -0.39 is 0 Å². The number of rotatable bonds is 7. The van der Waals surface area contributed by atoms with E-state index >= 15 is 0 Å². The van der Waals surface area contributed by atoms with E-state index in [4.69, 9.17) is 0 Å². The van der Waals surface area contributed by atoms with Crippen LogP contribution in [0.2, 0.25) is 0 Å². The standard InChI is InChI=1S/C19H24N2O2S/c1-14-7-4-10-17(15(14)2)20-18(22)13-21(3)19(23)11-5-8-16-9-6-12-24-16/h4,6-7,9-10,12H,5,8,11,13H2,1-3H3,(H,20,22). The molecular formula is C19H24N2O2S. The van der Waals surface area contributed by atoms with Crippen LogP contribution in [0, 0.1) is 13.8 Å². The Hall–Kier alpha value is -2.14. The zero-order valence-corrected chi connectivity index (χ0v) is 15.3. The van der Waals surface area contributed by atoms with Crippen molar-refractivity contribution in [1.29, 1.82) is 0 Å². The number of hydrogen-bond donors (Lipinski definition) is 1. The first-order valence-corrected chi connectivity index (χ1v) is 8.97. The Morgan fingerprint density at radius 3 is 2.67 bits per heavy atom. The summed E-state index contributed by atoms with van der Waals surface area (Å²) in [5, 5.41) is 4.93. The maximum absolute atomic E-state index is 12.1. The minimum Gasteiger partial charge on any atom is -0.336 e. The molecule has 2 rings (SSSR count). The van der Waals surface area contributed by atoms with Crippen molar-refractivity contribution in [3.63, 3.8) is 0 Å². The molecule has 0 aliphatic rings. The van der Waals surface area contributed by atoms with Gasteiger partial charge in [0.15, 0.2) is 0 Å². The molecule has 2 amide bonds. The molecule has 5 heteroatoms. The van der Waals surface area contributed by atoms with Crippen LogP contribution < -0.4 is 5.32 Å². The number of anilines is 1. The van der Waals surface area contributed by atoms with Crippen molar-refractivity contribution in [2.24, 2.45) is 0 Å². The predicted octanol–water partition coefficient (Wildman–Crippen LogP) is 3.78. The summed E-state index contributed by atoms with van der Waals surface area (Å²) in [5.41, 5.74) is 2.99. The van der Waals surface area contributed by atoms with Gasteiger partial charge in [-0.3, -0.25) is 9.59 Å². The van der Waals surface area contributed by atoms with Gasteiger partial charge >= 0.3 is 0 Å². The summed E-state index contributed by atoms with van der Waals surface area (Å²) in [7, 11) is 1.68. The predicted molar refractivity (Wildman–Crippen MR) is 99.4 cm³/mol. The van der Waals surface area contributed by atoms with Crippen LogP contribution in [0.4, 0.5) is 5.69 Å². The average Bonchev–Trinajstić information content (AvgIpc) is 3.05. The lowest BCUT2D eigenvalue weighted by atomic mass is 10.1. The van der Waals surface area contributed by atoms with Crippen LogP contribution >= 0.6 is 11.3 Å². The van der Waals surface area contributed by atoms with Gasteiger partial charge in [0.2, 0.25) is 11.8 Å². The van der Waals surface area contributed by atoms with Crippen LogP contribution in [0.25, 0.3) is 0 Å². The molecule has 0 radical (unpaired) electrons. The molecule has 1 N–H and O–H groups in total. The molecule has 0 spiro atoms. The number of hydrogen-bond acceptors (Lipinski definition) is 3. The number of carbonyl (C=O) groups excluding carboxylic acids is 2. The van der Waals surface area contributed by atoms with Crippen molar-refractivity contribution in [3.05, 3.63) is 51.7 Å². The van der Waals surface area contributed by atoms with Crippen LogP contribution in [0.3, 0.4) is 0 Å². The van der Waals surface area contributed by atoms with Crippen molar-refractivity contribution in [3.8, 4) is 0 Å². The maximum Gasteiger partial charge on any atom is 0.243 e. The van der Waals surface area contributed by atoms with Gasteiger partial charge in [-0.25, -0.2) is 0 Å². The molecule has 0 fully saturated rings. The minimum atomic E-state index is -0.169. The van der Waals surface area contributed by atoms with Crippen LogP contribution in [-0.4, -0.2) is 30.3 Å². The Bertz CT molecular complexity index is 695. The first-order chi connectivity index (χ1) is 11.5. The second-order valence-electron chi connectivity index (χ2n) is 5.98. The van der Waals surface area contributed by atoms with Crippen LogP contribution in [0.15, 0.2) is 35.7 Å². The highest BCUT2D eigenvalue weighted by molar-refractivity contribution is 7.09. The van der Waals surface area contributed by atoms with Gasteiger partial charge in [-0.05, 0) is 55.3 Å². The normalized spacial score (nSPS) is 10.5. The topological polar surface area (TPSA) is 49.4 Å². The van der Waals surface area contributed by atoms with Crippen LogP contribution in [0.1, 0.15) is 28.8 Å². The zero-order chi connectivity index (χ0) is 17.5. The number of nitrogens with one attached hydrogen (secondary N) is 1. The fourth-order valence-electron chi connectivity index (χ4n) is 2.44. The summed E-state index contributed by atoms with van der Waals surface area (Å²) in [6, 6.07) is 9.90. The molecule has 0 bridgehead atoms. The van der Waals surface area contributed by atoms with Crippen molar-refractivity contribution >= 4 is 28.8 Å². The van der Waals surface area contributed by atoms with Gasteiger partial charge in [0, 0.05) is 24.0 Å². The number of nitrogens with zero attached hydrogens (tertiary/aromatic N) is 1.